The van der Waals surface area contributed by atoms with Gasteiger partial charge < -0.3 is 5.11 Å². The van der Waals surface area contributed by atoms with E-state index in [1.165, 1.54) is 16.2 Å². The van der Waals surface area contributed by atoms with Gasteiger partial charge in [0.15, 0.2) is 0 Å². The van der Waals surface area contributed by atoms with Gasteiger partial charge in [0.1, 0.15) is 0 Å². The first-order chi connectivity index (χ1) is 9.22. The highest BCUT2D eigenvalue weighted by molar-refractivity contribution is 7.10. The van der Waals surface area contributed by atoms with Gasteiger partial charge >= 0.3 is 0 Å². The van der Waals surface area contributed by atoms with E-state index in [1.54, 1.807) is 0 Å². The molecule has 0 bridgehead atoms. The van der Waals surface area contributed by atoms with E-state index in [9.17, 15) is 9.59 Å². The SMILES string of the molecule is O=C1CCCC(=O)N1Cc1sccc1C#CCCO. The zero-order valence-electron chi connectivity index (χ0n) is 10.5. The number of carbonyl (C=O) groups excluding carboxylic acids is 2. The van der Waals surface area contributed by atoms with Gasteiger partial charge in [0, 0.05) is 29.7 Å². The van der Waals surface area contributed by atoms with Crippen molar-refractivity contribution in [2.24, 2.45) is 0 Å². The maximum Gasteiger partial charge on any atom is 0.229 e. The lowest BCUT2D eigenvalue weighted by molar-refractivity contribution is -0.148. The molecule has 0 spiro atoms. The Kier molecular flexibility index (Phi) is 4.72. The second-order valence-electron chi connectivity index (χ2n) is 4.26. The van der Waals surface area contributed by atoms with Gasteiger partial charge in [-0.1, -0.05) is 11.8 Å². The number of imide groups is 1. The van der Waals surface area contributed by atoms with Crippen LogP contribution in [-0.4, -0.2) is 28.4 Å². The number of aliphatic hydroxyl groups is 1. The molecule has 0 radical (unpaired) electrons. The quantitative estimate of drug-likeness (QED) is 0.673. The van der Waals surface area contributed by atoms with Crippen LogP contribution in [0.25, 0.3) is 0 Å². The summed E-state index contributed by atoms with van der Waals surface area (Å²) in [4.78, 5) is 25.7. The number of rotatable bonds is 3. The summed E-state index contributed by atoms with van der Waals surface area (Å²) in [6.45, 7) is 0.355. The second kappa shape index (κ2) is 6.50. The lowest BCUT2D eigenvalue weighted by Crippen LogP contribution is -2.39. The molecule has 19 heavy (non-hydrogen) atoms. The molecule has 1 N–H and O–H groups in total. The van der Waals surface area contributed by atoms with Crippen molar-refractivity contribution in [2.75, 3.05) is 6.61 Å². The van der Waals surface area contributed by atoms with Gasteiger partial charge in [0.25, 0.3) is 0 Å². The number of piperidine rings is 1. The molecule has 2 amide bonds. The summed E-state index contributed by atoms with van der Waals surface area (Å²) in [5, 5.41) is 10.6. The van der Waals surface area contributed by atoms with Crippen LogP contribution in [0.4, 0.5) is 0 Å². The highest BCUT2D eigenvalue weighted by Gasteiger charge is 2.26. The summed E-state index contributed by atoms with van der Waals surface area (Å²) < 4.78 is 0. The predicted molar refractivity (Wildman–Crippen MR) is 72.3 cm³/mol. The largest absolute Gasteiger partial charge is 0.395 e. The first kappa shape index (κ1) is 13.8. The smallest absolute Gasteiger partial charge is 0.229 e. The van der Waals surface area contributed by atoms with E-state index in [4.69, 9.17) is 5.11 Å². The van der Waals surface area contributed by atoms with Crippen molar-refractivity contribution in [3.8, 4) is 11.8 Å². The van der Waals surface area contributed by atoms with Crippen molar-refractivity contribution in [3.05, 3.63) is 21.9 Å². The fourth-order valence-corrected chi connectivity index (χ4v) is 2.73. The standard InChI is InChI=1S/C14H15NO3S/c16-8-2-1-4-11-7-9-19-12(11)10-15-13(17)5-3-6-14(15)18/h7,9,16H,2-3,5-6,8,10H2. The minimum atomic E-state index is -0.0982. The topological polar surface area (TPSA) is 57.6 Å². The number of aliphatic hydroxyl groups excluding tert-OH is 1. The van der Waals surface area contributed by atoms with Crippen LogP contribution in [0.2, 0.25) is 0 Å². The molecule has 1 aliphatic rings. The molecule has 2 rings (SSSR count). The van der Waals surface area contributed by atoms with E-state index in [0.717, 1.165) is 10.4 Å². The fourth-order valence-electron chi connectivity index (χ4n) is 1.91. The minimum absolute atomic E-state index is 0.0373. The summed E-state index contributed by atoms with van der Waals surface area (Å²) in [5.41, 5.74) is 0.838. The molecular formula is C14H15NO3S. The highest BCUT2D eigenvalue weighted by atomic mass is 32.1. The number of likely N-dealkylation sites (tertiary alicyclic amines) is 1. The minimum Gasteiger partial charge on any atom is -0.395 e. The Morgan fingerprint density at radius 3 is 2.74 bits per heavy atom. The average Bonchev–Trinajstić information content (AvgIpc) is 2.82. The Bertz CT molecular complexity index is 522. The molecule has 5 heteroatoms. The molecular weight excluding hydrogens is 262 g/mol. The summed E-state index contributed by atoms with van der Waals surface area (Å²) in [7, 11) is 0. The number of hydrogen-bond donors (Lipinski definition) is 1. The van der Waals surface area contributed by atoms with E-state index >= 15 is 0 Å². The van der Waals surface area contributed by atoms with Crippen molar-refractivity contribution in [2.45, 2.75) is 32.2 Å². The number of hydrogen-bond acceptors (Lipinski definition) is 4. The van der Waals surface area contributed by atoms with Gasteiger partial charge in [-0.3, -0.25) is 14.5 Å². The molecule has 0 saturated carbocycles. The number of carbonyl (C=O) groups is 2. The van der Waals surface area contributed by atoms with Crippen LogP contribution >= 0.6 is 11.3 Å². The van der Waals surface area contributed by atoms with Gasteiger partial charge in [-0.2, -0.15) is 0 Å². The summed E-state index contributed by atoms with van der Waals surface area (Å²) in [6, 6.07) is 1.88. The van der Waals surface area contributed by atoms with Gasteiger partial charge in [0.05, 0.1) is 13.2 Å². The van der Waals surface area contributed by atoms with Crippen LogP contribution in [0.1, 0.15) is 36.1 Å². The van der Waals surface area contributed by atoms with Crippen LogP contribution in [0, 0.1) is 11.8 Å². The molecule has 0 atom stereocenters. The van der Waals surface area contributed by atoms with Crippen LogP contribution in [0.5, 0.6) is 0 Å². The first-order valence-electron chi connectivity index (χ1n) is 6.21. The third-order valence-corrected chi connectivity index (χ3v) is 3.80. The Morgan fingerprint density at radius 2 is 2.05 bits per heavy atom. The highest BCUT2D eigenvalue weighted by Crippen LogP contribution is 2.21. The summed E-state index contributed by atoms with van der Waals surface area (Å²) in [5.74, 6) is 5.62. The number of thiophene rings is 1. The van der Waals surface area contributed by atoms with E-state index in [0.29, 0.717) is 32.2 Å². The third kappa shape index (κ3) is 3.43. The Morgan fingerprint density at radius 1 is 1.32 bits per heavy atom. The van der Waals surface area contributed by atoms with Crippen molar-refractivity contribution in [1.29, 1.82) is 0 Å². The molecule has 1 aliphatic heterocycles. The molecule has 0 aromatic carbocycles. The number of amides is 2. The van der Waals surface area contributed by atoms with Gasteiger partial charge in [-0.25, -0.2) is 0 Å². The molecule has 100 valence electrons. The zero-order chi connectivity index (χ0) is 13.7. The summed E-state index contributed by atoms with van der Waals surface area (Å²) in [6.07, 6.45) is 1.98. The Balaban J connectivity index is 2.11. The van der Waals surface area contributed by atoms with Crippen LogP contribution in [0.15, 0.2) is 11.4 Å². The van der Waals surface area contributed by atoms with E-state index in [-0.39, 0.29) is 18.4 Å². The van der Waals surface area contributed by atoms with Crippen molar-refractivity contribution in [3.63, 3.8) is 0 Å². The molecule has 4 nitrogen and oxygen atoms in total. The molecule has 1 aromatic rings. The first-order valence-corrected chi connectivity index (χ1v) is 7.09. The average molecular weight is 277 g/mol. The predicted octanol–water partition coefficient (Wildman–Crippen LogP) is 1.52. The molecule has 0 aliphatic carbocycles. The van der Waals surface area contributed by atoms with Crippen LogP contribution < -0.4 is 0 Å². The molecule has 2 heterocycles. The van der Waals surface area contributed by atoms with Crippen LogP contribution in [0.3, 0.4) is 0 Å². The fraction of sp³-hybridized carbons (Fsp3) is 0.429. The van der Waals surface area contributed by atoms with Gasteiger partial charge in [-0.15, -0.1) is 11.3 Å². The zero-order valence-corrected chi connectivity index (χ0v) is 11.3. The second-order valence-corrected chi connectivity index (χ2v) is 5.26. The molecule has 1 saturated heterocycles. The molecule has 0 unspecified atom stereocenters. The molecule has 1 aromatic heterocycles. The normalized spacial score (nSPS) is 15.3. The van der Waals surface area contributed by atoms with Gasteiger partial charge in [-0.05, 0) is 17.9 Å². The maximum absolute atomic E-state index is 11.7. The Labute approximate surface area is 116 Å². The van der Waals surface area contributed by atoms with Crippen molar-refractivity contribution >= 4 is 23.2 Å². The van der Waals surface area contributed by atoms with Gasteiger partial charge in [0.2, 0.25) is 11.8 Å². The number of nitrogens with zero attached hydrogens (tertiary/aromatic N) is 1. The van der Waals surface area contributed by atoms with E-state index < -0.39 is 0 Å². The molecule has 1 fully saturated rings. The third-order valence-electron chi connectivity index (χ3n) is 2.89. The van der Waals surface area contributed by atoms with Crippen LogP contribution in [-0.2, 0) is 16.1 Å². The van der Waals surface area contributed by atoms with Crippen molar-refractivity contribution < 1.29 is 14.7 Å². The van der Waals surface area contributed by atoms with E-state index in [1.807, 2.05) is 11.4 Å². The maximum atomic E-state index is 11.7. The van der Waals surface area contributed by atoms with Crippen molar-refractivity contribution in [1.82, 2.24) is 4.90 Å². The summed E-state index contributed by atoms with van der Waals surface area (Å²) >= 11 is 1.49. The monoisotopic (exact) mass is 277 g/mol. The lowest BCUT2D eigenvalue weighted by Gasteiger charge is -2.24. The lowest BCUT2D eigenvalue weighted by atomic mass is 10.1. The Hall–Kier alpha value is -1.64. The van der Waals surface area contributed by atoms with E-state index in [2.05, 4.69) is 11.8 Å².